The van der Waals surface area contributed by atoms with E-state index in [0.717, 1.165) is 19.3 Å². The standard InChI is InChI=1S/C11H16O3/c1-3-14-11(13)9-7-5-4-6-8(2)10(9)12/h7-8H,3-6H2,1-2H3. The van der Waals surface area contributed by atoms with E-state index >= 15 is 0 Å². The number of ether oxygens (including phenoxy) is 1. The second kappa shape index (κ2) is 4.94. The van der Waals surface area contributed by atoms with Crippen molar-refractivity contribution in [3.8, 4) is 0 Å². The number of ketones is 1. The van der Waals surface area contributed by atoms with Gasteiger partial charge in [0, 0.05) is 5.92 Å². The molecule has 1 aliphatic carbocycles. The minimum Gasteiger partial charge on any atom is -0.462 e. The van der Waals surface area contributed by atoms with E-state index < -0.39 is 5.97 Å². The Morgan fingerprint density at radius 2 is 2.36 bits per heavy atom. The smallest absolute Gasteiger partial charge is 0.341 e. The molecule has 0 aromatic rings. The second-order valence-corrected chi connectivity index (χ2v) is 3.53. The minimum absolute atomic E-state index is 0.0480. The Labute approximate surface area is 84.1 Å². The van der Waals surface area contributed by atoms with Gasteiger partial charge in [0.2, 0.25) is 0 Å². The predicted octanol–water partition coefficient (Wildman–Crippen LogP) is 1.86. The van der Waals surface area contributed by atoms with Gasteiger partial charge in [-0.2, -0.15) is 0 Å². The Morgan fingerprint density at radius 1 is 1.64 bits per heavy atom. The lowest BCUT2D eigenvalue weighted by Gasteiger charge is -2.08. The van der Waals surface area contributed by atoms with E-state index in [1.54, 1.807) is 13.0 Å². The molecule has 1 unspecified atom stereocenters. The fourth-order valence-corrected chi connectivity index (χ4v) is 1.56. The number of hydrogen-bond donors (Lipinski definition) is 0. The molecule has 3 heteroatoms. The topological polar surface area (TPSA) is 43.4 Å². The zero-order chi connectivity index (χ0) is 10.6. The van der Waals surface area contributed by atoms with Crippen molar-refractivity contribution in [3.05, 3.63) is 11.6 Å². The van der Waals surface area contributed by atoms with E-state index in [-0.39, 0.29) is 17.3 Å². The van der Waals surface area contributed by atoms with Crippen molar-refractivity contribution in [2.24, 2.45) is 5.92 Å². The largest absolute Gasteiger partial charge is 0.462 e. The van der Waals surface area contributed by atoms with Crippen LogP contribution in [-0.4, -0.2) is 18.4 Å². The number of Topliss-reactive ketones (excluding diaryl/α,β-unsaturated/α-hetero) is 1. The molecule has 1 aliphatic rings. The third-order valence-corrected chi connectivity index (χ3v) is 2.40. The molecule has 0 radical (unpaired) electrons. The average Bonchev–Trinajstić information content (AvgIpc) is 2.31. The van der Waals surface area contributed by atoms with Gasteiger partial charge in [-0.05, 0) is 26.2 Å². The van der Waals surface area contributed by atoms with Crippen molar-refractivity contribution in [1.82, 2.24) is 0 Å². The fraction of sp³-hybridized carbons (Fsp3) is 0.636. The van der Waals surface area contributed by atoms with E-state index in [1.807, 2.05) is 6.92 Å². The van der Waals surface area contributed by atoms with Gasteiger partial charge in [0.05, 0.1) is 12.2 Å². The number of carbonyl (C=O) groups is 2. The molecule has 0 bridgehead atoms. The van der Waals surface area contributed by atoms with Crippen LogP contribution in [0, 0.1) is 5.92 Å². The molecule has 0 aromatic heterocycles. The van der Waals surface area contributed by atoms with Crippen molar-refractivity contribution < 1.29 is 14.3 Å². The van der Waals surface area contributed by atoms with E-state index in [0.29, 0.717) is 6.61 Å². The van der Waals surface area contributed by atoms with Crippen LogP contribution in [-0.2, 0) is 14.3 Å². The number of esters is 1. The van der Waals surface area contributed by atoms with Gasteiger partial charge in [0.25, 0.3) is 0 Å². The maximum absolute atomic E-state index is 11.7. The van der Waals surface area contributed by atoms with Crippen LogP contribution in [0.1, 0.15) is 33.1 Å². The third-order valence-electron chi connectivity index (χ3n) is 2.40. The summed E-state index contributed by atoms with van der Waals surface area (Å²) < 4.78 is 4.83. The molecule has 0 saturated heterocycles. The van der Waals surface area contributed by atoms with Crippen LogP contribution in [0.25, 0.3) is 0 Å². The van der Waals surface area contributed by atoms with Gasteiger partial charge in [0.1, 0.15) is 0 Å². The molecular formula is C11H16O3. The van der Waals surface area contributed by atoms with Crippen molar-refractivity contribution in [1.29, 1.82) is 0 Å². The lowest BCUT2D eigenvalue weighted by molar-refractivity contribution is -0.140. The summed E-state index contributed by atoms with van der Waals surface area (Å²) in [5, 5.41) is 0. The van der Waals surface area contributed by atoms with Crippen LogP contribution in [0.2, 0.25) is 0 Å². The molecule has 0 spiro atoms. The first-order valence-electron chi connectivity index (χ1n) is 5.08. The maximum atomic E-state index is 11.7. The van der Waals surface area contributed by atoms with E-state index in [4.69, 9.17) is 4.74 Å². The van der Waals surface area contributed by atoms with Gasteiger partial charge >= 0.3 is 5.97 Å². The summed E-state index contributed by atoms with van der Waals surface area (Å²) in [6.07, 6.45) is 4.34. The first kappa shape index (κ1) is 11.0. The molecular weight excluding hydrogens is 180 g/mol. The van der Waals surface area contributed by atoms with E-state index in [2.05, 4.69) is 0 Å². The first-order chi connectivity index (χ1) is 6.66. The molecule has 0 heterocycles. The maximum Gasteiger partial charge on any atom is 0.341 e. The van der Waals surface area contributed by atoms with Crippen molar-refractivity contribution in [3.63, 3.8) is 0 Å². The van der Waals surface area contributed by atoms with E-state index in [9.17, 15) is 9.59 Å². The fourth-order valence-electron chi connectivity index (χ4n) is 1.56. The zero-order valence-electron chi connectivity index (χ0n) is 8.71. The molecule has 3 nitrogen and oxygen atoms in total. The quantitative estimate of drug-likeness (QED) is 0.500. The van der Waals surface area contributed by atoms with Crippen molar-refractivity contribution in [2.75, 3.05) is 6.61 Å². The number of allylic oxidation sites excluding steroid dienone is 1. The van der Waals surface area contributed by atoms with E-state index in [1.165, 1.54) is 0 Å². The zero-order valence-corrected chi connectivity index (χ0v) is 8.71. The molecule has 78 valence electrons. The Kier molecular flexibility index (Phi) is 3.86. The monoisotopic (exact) mass is 196 g/mol. The molecule has 0 aromatic carbocycles. The van der Waals surface area contributed by atoms with Gasteiger partial charge in [-0.3, -0.25) is 4.79 Å². The summed E-state index contributed by atoms with van der Waals surface area (Å²) in [5.74, 6) is -0.583. The Morgan fingerprint density at radius 3 is 3.00 bits per heavy atom. The minimum atomic E-state index is -0.466. The van der Waals surface area contributed by atoms with Crippen LogP contribution in [0.15, 0.2) is 11.6 Å². The van der Waals surface area contributed by atoms with Gasteiger partial charge in [0.15, 0.2) is 5.78 Å². The van der Waals surface area contributed by atoms with Gasteiger partial charge in [-0.15, -0.1) is 0 Å². The number of rotatable bonds is 2. The highest BCUT2D eigenvalue weighted by Crippen LogP contribution is 2.20. The number of hydrogen-bond acceptors (Lipinski definition) is 3. The molecule has 14 heavy (non-hydrogen) atoms. The second-order valence-electron chi connectivity index (χ2n) is 3.53. The van der Waals surface area contributed by atoms with Gasteiger partial charge in [-0.1, -0.05) is 13.0 Å². The first-order valence-corrected chi connectivity index (χ1v) is 5.08. The van der Waals surface area contributed by atoms with Gasteiger partial charge < -0.3 is 4.74 Å². The van der Waals surface area contributed by atoms with Crippen LogP contribution in [0.5, 0.6) is 0 Å². The Bertz CT molecular complexity index is 266. The highest BCUT2D eigenvalue weighted by Gasteiger charge is 2.25. The predicted molar refractivity (Wildman–Crippen MR) is 52.7 cm³/mol. The normalized spacial score (nSPS) is 22.6. The molecule has 1 atom stereocenters. The highest BCUT2D eigenvalue weighted by molar-refractivity contribution is 6.18. The summed E-state index contributed by atoms with van der Waals surface area (Å²) in [6, 6.07) is 0. The summed E-state index contributed by atoms with van der Waals surface area (Å²) in [4.78, 5) is 23.1. The average molecular weight is 196 g/mol. The van der Waals surface area contributed by atoms with Crippen LogP contribution < -0.4 is 0 Å². The van der Waals surface area contributed by atoms with Crippen LogP contribution in [0.3, 0.4) is 0 Å². The van der Waals surface area contributed by atoms with Crippen LogP contribution >= 0.6 is 0 Å². The Hall–Kier alpha value is -1.12. The van der Waals surface area contributed by atoms with Crippen molar-refractivity contribution >= 4 is 11.8 Å². The summed E-state index contributed by atoms with van der Waals surface area (Å²) in [6.45, 7) is 3.92. The third kappa shape index (κ3) is 2.44. The SMILES string of the molecule is CCOC(=O)C1=CCCCC(C)C1=O. The molecule has 0 aliphatic heterocycles. The highest BCUT2D eigenvalue weighted by atomic mass is 16.5. The summed E-state index contributed by atoms with van der Waals surface area (Å²) in [5.41, 5.74) is 0.247. The Balaban J connectivity index is 2.78. The molecule has 1 rings (SSSR count). The molecule has 0 amide bonds. The number of carbonyl (C=O) groups excluding carboxylic acids is 2. The van der Waals surface area contributed by atoms with Crippen LogP contribution in [0.4, 0.5) is 0 Å². The summed E-state index contributed by atoms with van der Waals surface area (Å²) in [7, 11) is 0. The van der Waals surface area contributed by atoms with Crippen molar-refractivity contribution in [2.45, 2.75) is 33.1 Å². The molecule has 0 fully saturated rings. The molecule has 0 N–H and O–H groups in total. The van der Waals surface area contributed by atoms with Gasteiger partial charge in [-0.25, -0.2) is 4.79 Å². The molecule has 0 saturated carbocycles. The summed E-state index contributed by atoms with van der Waals surface area (Å²) >= 11 is 0. The lowest BCUT2D eigenvalue weighted by atomic mass is 9.98. The lowest BCUT2D eigenvalue weighted by Crippen LogP contribution is -2.20.